The summed E-state index contributed by atoms with van der Waals surface area (Å²) in [6.45, 7) is 9.88. The molecule has 3 nitrogen and oxygen atoms in total. The van der Waals surface area contributed by atoms with Crippen molar-refractivity contribution in [3.8, 4) is 0 Å². The number of ether oxygens (including phenoxy) is 1. The lowest BCUT2D eigenvalue weighted by Gasteiger charge is -2.22. The maximum atomic E-state index is 11.4. The zero-order chi connectivity index (χ0) is 14.6. The largest absolute Gasteiger partial charge is 0.469 e. The summed E-state index contributed by atoms with van der Waals surface area (Å²) in [5.74, 6) is -0.245. The Hall–Kier alpha value is -1.35. The van der Waals surface area contributed by atoms with Crippen molar-refractivity contribution in [1.29, 1.82) is 0 Å². The SMILES string of the molecule is COC(=O)C(C)CN(C)Cc1c(C)cc(C)cc1C. The molecule has 0 saturated carbocycles. The molecule has 0 fully saturated rings. The molecule has 0 saturated heterocycles. The molecule has 1 unspecified atom stereocenters. The third-order valence-electron chi connectivity index (χ3n) is 3.46. The highest BCUT2D eigenvalue weighted by Crippen LogP contribution is 2.18. The maximum absolute atomic E-state index is 11.4. The maximum Gasteiger partial charge on any atom is 0.309 e. The van der Waals surface area contributed by atoms with Gasteiger partial charge in [0, 0.05) is 13.1 Å². The first-order chi connectivity index (χ1) is 8.85. The van der Waals surface area contributed by atoms with E-state index in [9.17, 15) is 4.79 Å². The molecule has 106 valence electrons. The average Bonchev–Trinajstić information content (AvgIpc) is 2.32. The van der Waals surface area contributed by atoms with Gasteiger partial charge in [-0.3, -0.25) is 4.79 Å². The Labute approximate surface area is 116 Å². The first-order valence-electron chi connectivity index (χ1n) is 6.68. The first kappa shape index (κ1) is 15.7. The van der Waals surface area contributed by atoms with Crippen LogP contribution in [-0.2, 0) is 16.1 Å². The van der Waals surface area contributed by atoms with Gasteiger partial charge in [-0.25, -0.2) is 0 Å². The molecule has 0 N–H and O–H groups in total. The Balaban J connectivity index is 2.72. The molecule has 0 amide bonds. The van der Waals surface area contributed by atoms with E-state index in [-0.39, 0.29) is 11.9 Å². The van der Waals surface area contributed by atoms with E-state index in [1.807, 2.05) is 14.0 Å². The molecule has 3 heteroatoms. The number of hydrogen-bond donors (Lipinski definition) is 0. The summed E-state index contributed by atoms with van der Waals surface area (Å²) in [6, 6.07) is 4.42. The third-order valence-corrected chi connectivity index (χ3v) is 3.46. The van der Waals surface area contributed by atoms with Crippen molar-refractivity contribution in [2.75, 3.05) is 20.7 Å². The molecule has 0 radical (unpaired) electrons. The predicted molar refractivity (Wildman–Crippen MR) is 78.2 cm³/mol. The van der Waals surface area contributed by atoms with Gasteiger partial charge in [-0.15, -0.1) is 0 Å². The Bertz CT molecular complexity index is 431. The predicted octanol–water partition coefficient (Wildman–Crippen LogP) is 2.85. The number of aryl methyl sites for hydroxylation is 3. The second-order valence-corrected chi connectivity index (χ2v) is 5.50. The van der Waals surface area contributed by atoms with Gasteiger partial charge in [-0.05, 0) is 44.5 Å². The van der Waals surface area contributed by atoms with E-state index in [1.54, 1.807) is 0 Å². The number of benzene rings is 1. The van der Waals surface area contributed by atoms with Crippen molar-refractivity contribution < 1.29 is 9.53 Å². The average molecular weight is 263 g/mol. The molecular formula is C16H25NO2. The van der Waals surface area contributed by atoms with Gasteiger partial charge in [0.1, 0.15) is 0 Å². The standard InChI is InChI=1S/C16H25NO2/c1-11-7-12(2)15(13(3)8-11)10-17(5)9-14(4)16(18)19-6/h7-8,14H,9-10H2,1-6H3. The van der Waals surface area contributed by atoms with E-state index in [0.717, 1.165) is 6.54 Å². The van der Waals surface area contributed by atoms with Crippen LogP contribution in [-0.4, -0.2) is 31.6 Å². The second kappa shape index (κ2) is 6.71. The molecule has 1 atom stereocenters. The zero-order valence-corrected chi connectivity index (χ0v) is 12.9. The summed E-state index contributed by atoms with van der Waals surface area (Å²) in [5, 5.41) is 0. The molecule has 0 heterocycles. The Morgan fingerprint density at radius 3 is 2.26 bits per heavy atom. The van der Waals surface area contributed by atoms with Crippen LogP contribution in [0.1, 0.15) is 29.2 Å². The molecule has 1 aromatic carbocycles. The van der Waals surface area contributed by atoms with Gasteiger partial charge < -0.3 is 9.64 Å². The van der Waals surface area contributed by atoms with Crippen molar-refractivity contribution in [2.24, 2.45) is 5.92 Å². The summed E-state index contributed by atoms with van der Waals surface area (Å²) in [5.41, 5.74) is 5.28. The summed E-state index contributed by atoms with van der Waals surface area (Å²) in [6.07, 6.45) is 0. The Morgan fingerprint density at radius 2 is 1.79 bits per heavy atom. The van der Waals surface area contributed by atoms with Crippen LogP contribution in [0.3, 0.4) is 0 Å². The van der Waals surface area contributed by atoms with Crippen LogP contribution in [0.4, 0.5) is 0 Å². The number of methoxy groups -OCH3 is 1. The van der Waals surface area contributed by atoms with Crippen LogP contribution in [0.25, 0.3) is 0 Å². The summed E-state index contributed by atoms with van der Waals surface area (Å²) >= 11 is 0. The van der Waals surface area contributed by atoms with E-state index in [0.29, 0.717) is 6.54 Å². The van der Waals surface area contributed by atoms with Gasteiger partial charge in [0.2, 0.25) is 0 Å². The van der Waals surface area contributed by atoms with Crippen molar-refractivity contribution in [3.63, 3.8) is 0 Å². The number of carbonyl (C=O) groups excluding carboxylic acids is 1. The highest BCUT2D eigenvalue weighted by atomic mass is 16.5. The fourth-order valence-electron chi connectivity index (χ4n) is 2.54. The minimum atomic E-state index is -0.149. The minimum Gasteiger partial charge on any atom is -0.469 e. The Morgan fingerprint density at radius 1 is 1.26 bits per heavy atom. The van der Waals surface area contributed by atoms with Crippen molar-refractivity contribution in [1.82, 2.24) is 4.90 Å². The van der Waals surface area contributed by atoms with Gasteiger partial charge in [-0.2, -0.15) is 0 Å². The van der Waals surface area contributed by atoms with Crippen LogP contribution in [0.15, 0.2) is 12.1 Å². The minimum absolute atomic E-state index is 0.0962. The van der Waals surface area contributed by atoms with Crippen LogP contribution in [0.2, 0.25) is 0 Å². The summed E-state index contributed by atoms with van der Waals surface area (Å²) in [7, 11) is 3.48. The monoisotopic (exact) mass is 263 g/mol. The summed E-state index contributed by atoms with van der Waals surface area (Å²) in [4.78, 5) is 13.6. The molecular weight excluding hydrogens is 238 g/mol. The van der Waals surface area contributed by atoms with Crippen LogP contribution < -0.4 is 0 Å². The number of nitrogens with zero attached hydrogens (tertiary/aromatic N) is 1. The van der Waals surface area contributed by atoms with Crippen molar-refractivity contribution >= 4 is 5.97 Å². The fraction of sp³-hybridized carbons (Fsp3) is 0.562. The smallest absolute Gasteiger partial charge is 0.309 e. The van der Waals surface area contributed by atoms with Crippen LogP contribution in [0, 0.1) is 26.7 Å². The number of hydrogen-bond acceptors (Lipinski definition) is 3. The number of rotatable bonds is 5. The first-order valence-corrected chi connectivity index (χ1v) is 6.68. The number of esters is 1. The highest BCUT2D eigenvalue weighted by Gasteiger charge is 2.16. The lowest BCUT2D eigenvalue weighted by atomic mass is 9.99. The fourth-order valence-corrected chi connectivity index (χ4v) is 2.54. The van der Waals surface area contributed by atoms with Gasteiger partial charge in [-0.1, -0.05) is 24.6 Å². The summed E-state index contributed by atoms with van der Waals surface area (Å²) < 4.78 is 4.76. The van der Waals surface area contributed by atoms with E-state index in [4.69, 9.17) is 4.74 Å². The quantitative estimate of drug-likeness (QED) is 0.765. The van der Waals surface area contributed by atoms with E-state index < -0.39 is 0 Å². The molecule has 0 aliphatic carbocycles. The second-order valence-electron chi connectivity index (χ2n) is 5.50. The molecule has 1 aromatic rings. The molecule has 0 spiro atoms. The number of carbonyl (C=O) groups is 1. The third kappa shape index (κ3) is 4.35. The van der Waals surface area contributed by atoms with Gasteiger partial charge in [0.25, 0.3) is 0 Å². The zero-order valence-electron chi connectivity index (χ0n) is 12.9. The van der Waals surface area contributed by atoms with E-state index in [2.05, 4.69) is 37.8 Å². The molecule has 19 heavy (non-hydrogen) atoms. The molecule has 0 aliphatic rings. The van der Waals surface area contributed by atoms with Gasteiger partial charge in [0.15, 0.2) is 0 Å². The van der Waals surface area contributed by atoms with Gasteiger partial charge in [0.05, 0.1) is 13.0 Å². The highest BCUT2D eigenvalue weighted by molar-refractivity contribution is 5.72. The lowest BCUT2D eigenvalue weighted by Crippen LogP contribution is -2.29. The van der Waals surface area contributed by atoms with E-state index in [1.165, 1.54) is 29.4 Å². The van der Waals surface area contributed by atoms with Gasteiger partial charge >= 0.3 is 5.97 Å². The molecule has 0 bridgehead atoms. The molecule has 0 aromatic heterocycles. The van der Waals surface area contributed by atoms with Crippen LogP contribution in [0.5, 0.6) is 0 Å². The van der Waals surface area contributed by atoms with Crippen molar-refractivity contribution in [3.05, 3.63) is 34.4 Å². The normalized spacial score (nSPS) is 12.6. The topological polar surface area (TPSA) is 29.5 Å². The molecule has 1 rings (SSSR count). The van der Waals surface area contributed by atoms with Crippen molar-refractivity contribution in [2.45, 2.75) is 34.2 Å². The lowest BCUT2D eigenvalue weighted by molar-refractivity contribution is -0.145. The molecule has 0 aliphatic heterocycles. The Kier molecular flexibility index (Phi) is 5.55. The van der Waals surface area contributed by atoms with E-state index >= 15 is 0 Å². The van der Waals surface area contributed by atoms with Crippen LogP contribution >= 0.6 is 0 Å².